The molecule has 0 bridgehead atoms. The van der Waals surface area contributed by atoms with Crippen molar-refractivity contribution in [3.05, 3.63) is 11.6 Å². The Morgan fingerprint density at radius 2 is 2.00 bits per heavy atom. The first-order valence-electron chi connectivity index (χ1n) is 9.38. The van der Waals surface area contributed by atoms with Gasteiger partial charge in [0.25, 0.3) is 0 Å². The molecule has 0 radical (unpaired) electrons. The molecule has 1 spiro atoms. The number of hydrogen-bond donors (Lipinski definition) is 0. The maximum Gasteiger partial charge on any atom is 0.333 e. The fraction of sp³-hybridized carbons (Fsp3) is 0.850. The smallest absolute Gasteiger partial charge is 0.333 e. The first-order valence-corrected chi connectivity index (χ1v) is 9.38. The molecule has 4 atom stereocenters. The minimum atomic E-state index is -0.0998. The van der Waals surface area contributed by atoms with Crippen molar-refractivity contribution in [3.63, 3.8) is 0 Å². The van der Waals surface area contributed by atoms with E-state index in [9.17, 15) is 4.79 Å². The number of cyclic esters (lactones) is 1. The molecular formula is C20H30O3. The lowest BCUT2D eigenvalue weighted by atomic mass is 9.46. The molecule has 4 rings (SSSR count). The van der Waals surface area contributed by atoms with Gasteiger partial charge in [-0.3, -0.25) is 0 Å². The van der Waals surface area contributed by atoms with Crippen molar-refractivity contribution in [3.8, 4) is 0 Å². The molecule has 2 heterocycles. The first kappa shape index (κ1) is 15.7. The highest BCUT2D eigenvalue weighted by molar-refractivity contribution is 5.90. The summed E-state index contributed by atoms with van der Waals surface area (Å²) in [5.74, 6) is 1.23. The standard InChI is InChI=1S/C20H30O3/c1-18(2)9-4-10-19(3)15(18)7-11-20(13-23-20)16(19)6-5-14-8-12-22-17(14)21/h5,15-16H,4,6-13H2,1-3H3/b14-5+/t15-,16-,19+,20-/m1/s1. The van der Waals surface area contributed by atoms with Gasteiger partial charge < -0.3 is 9.47 Å². The summed E-state index contributed by atoms with van der Waals surface area (Å²) in [5.41, 5.74) is 1.77. The average molecular weight is 318 g/mol. The summed E-state index contributed by atoms with van der Waals surface area (Å²) in [6.07, 6.45) is 10.4. The van der Waals surface area contributed by atoms with Crippen LogP contribution in [0.25, 0.3) is 0 Å². The number of fused-ring (bicyclic) bond motifs is 1. The van der Waals surface area contributed by atoms with Gasteiger partial charge in [-0.1, -0.05) is 33.3 Å². The molecular weight excluding hydrogens is 288 g/mol. The van der Waals surface area contributed by atoms with Crippen molar-refractivity contribution in [1.29, 1.82) is 0 Å². The predicted octanol–water partition coefficient (Wildman–Crippen LogP) is 4.26. The van der Waals surface area contributed by atoms with Crippen LogP contribution in [0.5, 0.6) is 0 Å². The largest absolute Gasteiger partial charge is 0.462 e. The van der Waals surface area contributed by atoms with E-state index in [4.69, 9.17) is 9.47 Å². The quantitative estimate of drug-likeness (QED) is 0.434. The van der Waals surface area contributed by atoms with Gasteiger partial charge in [-0.25, -0.2) is 4.79 Å². The van der Waals surface area contributed by atoms with E-state index in [0.717, 1.165) is 30.9 Å². The van der Waals surface area contributed by atoms with Gasteiger partial charge in [-0.2, -0.15) is 0 Å². The normalized spacial score (nSPS) is 46.7. The van der Waals surface area contributed by atoms with Crippen molar-refractivity contribution < 1.29 is 14.3 Å². The molecule has 0 aromatic heterocycles. The Kier molecular flexibility index (Phi) is 3.46. The van der Waals surface area contributed by atoms with E-state index in [0.29, 0.717) is 23.4 Å². The lowest BCUT2D eigenvalue weighted by molar-refractivity contribution is -0.135. The summed E-state index contributed by atoms with van der Waals surface area (Å²) in [6, 6.07) is 0. The molecule has 0 aromatic carbocycles. The van der Waals surface area contributed by atoms with E-state index in [2.05, 4.69) is 26.8 Å². The lowest BCUT2D eigenvalue weighted by Gasteiger charge is -2.59. The molecule has 0 amide bonds. The molecule has 2 aliphatic heterocycles. The molecule has 3 heteroatoms. The van der Waals surface area contributed by atoms with Crippen LogP contribution in [0.3, 0.4) is 0 Å². The zero-order valence-corrected chi connectivity index (χ0v) is 14.8. The Bertz CT molecular complexity index is 543. The molecule has 0 aromatic rings. The average Bonchev–Trinajstić information content (AvgIpc) is 3.12. The van der Waals surface area contributed by atoms with Gasteiger partial charge in [0, 0.05) is 12.0 Å². The number of ether oxygens (including phenoxy) is 2. The molecule has 0 unspecified atom stereocenters. The highest BCUT2D eigenvalue weighted by atomic mass is 16.6. The summed E-state index contributed by atoms with van der Waals surface area (Å²) in [4.78, 5) is 11.8. The first-order chi connectivity index (χ1) is 10.9. The molecule has 4 aliphatic rings. The van der Waals surface area contributed by atoms with E-state index >= 15 is 0 Å². The number of carbonyl (C=O) groups excluding carboxylic acids is 1. The van der Waals surface area contributed by atoms with E-state index in [1.165, 1.54) is 32.1 Å². The molecule has 3 nitrogen and oxygen atoms in total. The van der Waals surface area contributed by atoms with Crippen LogP contribution in [-0.4, -0.2) is 24.8 Å². The number of epoxide rings is 1. The third-order valence-corrected chi connectivity index (χ3v) is 7.55. The van der Waals surface area contributed by atoms with Gasteiger partial charge in [0.15, 0.2) is 0 Å². The summed E-state index contributed by atoms with van der Waals surface area (Å²) < 4.78 is 11.1. The summed E-state index contributed by atoms with van der Waals surface area (Å²) in [7, 11) is 0. The van der Waals surface area contributed by atoms with Crippen molar-refractivity contribution in [2.45, 2.75) is 71.3 Å². The second kappa shape index (κ2) is 5.08. The van der Waals surface area contributed by atoms with E-state index in [-0.39, 0.29) is 11.6 Å². The molecule has 2 saturated carbocycles. The zero-order chi connectivity index (χ0) is 16.3. The third kappa shape index (κ3) is 2.38. The highest BCUT2D eigenvalue weighted by Crippen LogP contribution is 2.66. The number of carbonyl (C=O) groups is 1. The van der Waals surface area contributed by atoms with Gasteiger partial charge in [-0.05, 0) is 54.8 Å². The van der Waals surface area contributed by atoms with Crippen LogP contribution in [0.4, 0.5) is 0 Å². The number of rotatable bonds is 2. The number of allylic oxidation sites excluding steroid dienone is 1. The van der Waals surface area contributed by atoms with Crippen LogP contribution in [-0.2, 0) is 14.3 Å². The van der Waals surface area contributed by atoms with Crippen LogP contribution in [0.2, 0.25) is 0 Å². The Morgan fingerprint density at radius 3 is 2.65 bits per heavy atom. The molecule has 23 heavy (non-hydrogen) atoms. The Morgan fingerprint density at radius 1 is 1.22 bits per heavy atom. The van der Waals surface area contributed by atoms with Crippen LogP contribution in [0.15, 0.2) is 11.6 Å². The minimum Gasteiger partial charge on any atom is -0.462 e. The molecule has 2 saturated heterocycles. The number of esters is 1. The van der Waals surface area contributed by atoms with Crippen LogP contribution in [0, 0.1) is 22.7 Å². The van der Waals surface area contributed by atoms with Crippen molar-refractivity contribution in [1.82, 2.24) is 0 Å². The second-order valence-electron chi connectivity index (χ2n) is 9.20. The topological polar surface area (TPSA) is 38.8 Å². The van der Waals surface area contributed by atoms with Gasteiger partial charge in [0.1, 0.15) is 0 Å². The second-order valence-corrected chi connectivity index (χ2v) is 9.20. The Balaban J connectivity index is 1.63. The lowest BCUT2D eigenvalue weighted by Crippen LogP contribution is -2.54. The molecule has 0 N–H and O–H groups in total. The summed E-state index contributed by atoms with van der Waals surface area (Å²) >= 11 is 0. The fourth-order valence-corrected chi connectivity index (χ4v) is 6.28. The highest BCUT2D eigenvalue weighted by Gasteiger charge is 2.64. The minimum absolute atomic E-state index is 0.0998. The van der Waals surface area contributed by atoms with Gasteiger partial charge in [0.05, 0.1) is 18.8 Å². The Hall–Kier alpha value is -0.830. The predicted molar refractivity (Wildman–Crippen MR) is 88.9 cm³/mol. The zero-order valence-electron chi connectivity index (χ0n) is 14.8. The van der Waals surface area contributed by atoms with E-state index < -0.39 is 0 Å². The molecule has 128 valence electrons. The SMILES string of the molecule is CC1(C)CCC[C@@]2(C)[C@@H]1CC[C@@]1(CO1)[C@@H]2C/C=C1\CCOC1=O. The van der Waals surface area contributed by atoms with Gasteiger partial charge in [0.2, 0.25) is 0 Å². The van der Waals surface area contributed by atoms with Gasteiger partial charge in [-0.15, -0.1) is 0 Å². The summed E-state index contributed by atoms with van der Waals surface area (Å²) in [6.45, 7) is 8.92. The third-order valence-electron chi connectivity index (χ3n) is 7.55. The van der Waals surface area contributed by atoms with Crippen molar-refractivity contribution in [2.75, 3.05) is 13.2 Å². The maximum absolute atomic E-state index is 11.8. The van der Waals surface area contributed by atoms with Gasteiger partial charge >= 0.3 is 5.97 Å². The maximum atomic E-state index is 11.8. The summed E-state index contributed by atoms with van der Waals surface area (Å²) in [5, 5.41) is 0. The van der Waals surface area contributed by atoms with Crippen molar-refractivity contribution >= 4 is 5.97 Å². The number of hydrogen-bond acceptors (Lipinski definition) is 3. The van der Waals surface area contributed by atoms with E-state index in [1.54, 1.807) is 0 Å². The van der Waals surface area contributed by atoms with Crippen molar-refractivity contribution in [2.24, 2.45) is 22.7 Å². The fourth-order valence-electron chi connectivity index (χ4n) is 6.28. The van der Waals surface area contributed by atoms with Crippen LogP contribution in [0.1, 0.15) is 65.7 Å². The van der Waals surface area contributed by atoms with Crippen LogP contribution >= 0.6 is 0 Å². The molecule has 2 aliphatic carbocycles. The van der Waals surface area contributed by atoms with E-state index in [1.807, 2.05) is 0 Å². The molecule has 4 fully saturated rings. The van der Waals surface area contributed by atoms with Crippen LogP contribution < -0.4 is 0 Å². The monoisotopic (exact) mass is 318 g/mol. The Labute approximate surface area is 139 Å².